The molecule has 2 aromatic carbocycles. The second kappa shape index (κ2) is 7.29. The first-order valence-corrected chi connectivity index (χ1v) is 7.67. The van der Waals surface area contributed by atoms with Gasteiger partial charge < -0.3 is 14.2 Å². The van der Waals surface area contributed by atoms with Gasteiger partial charge in [-0.3, -0.25) is 9.59 Å². The average molecular weight is 334 g/mol. The highest BCUT2D eigenvalue weighted by Crippen LogP contribution is 2.47. The van der Waals surface area contributed by atoms with Gasteiger partial charge >= 0.3 is 11.9 Å². The summed E-state index contributed by atoms with van der Waals surface area (Å²) in [6, 6.07) is 4.34. The van der Waals surface area contributed by atoms with Crippen LogP contribution in [-0.4, -0.2) is 18.5 Å². The molecule has 0 saturated carbocycles. The van der Waals surface area contributed by atoms with Crippen LogP contribution < -0.4 is 14.2 Å². The van der Waals surface area contributed by atoms with Crippen molar-refractivity contribution in [1.82, 2.24) is 0 Å². The Morgan fingerprint density at radius 3 is 2.17 bits per heavy atom. The first kappa shape index (κ1) is 17.7. The third-order valence-electron chi connectivity index (χ3n) is 3.37. The van der Waals surface area contributed by atoms with E-state index < -0.39 is 17.8 Å². The van der Waals surface area contributed by atoms with Crippen LogP contribution in [0.5, 0.6) is 17.2 Å². The molecule has 0 aliphatic carbocycles. The Kier molecular flexibility index (Phi) is 5.39. The minimum atomic E-state index is -0.574. The lowest BCUT2D eigenvalue weighted by Crippen LogP contribution is -2.11. The number of hydrogen-bond acceptors (Lipinski definition) is 5. The van der Waals surface area contributed by atoms with Crippen LogP contribution in [0.15, 0.2) is 18.2 Å². The monoisotopic (exact) mass is 334 g/mol. The second-order valence-corrected chi connectivity index (χ2v) is 5.10. The number of rotatable bonds is 5. The van der Waals surface area contributed by atoms with E-state index in [0.717, 1.165) is 0 Å². The van der Waals surface area contributed by atoms with Crippen LogP contribution >= 0.6 is 0 Å². The van der Waals surface area contributed by atoms with Crippen LogP contribution in [0.2, 0.25) is 0 Å². The Bertz CT molecular complexity index is 798. The van der Waals surface area contributed by atoms with E-state index >= 15 is 0 Å². The van der Waals surface area contributed by atoms with E-state index in [1.807, 2.05) is 6.92 Å². The van der Waals surface area contributed by atoms with Gasteiger partial charge in [-0.15, -0.1) is 0 Å². The molecule has 0 aromatic heterocycles. The fourth-order valence-corrected chi connectivity index (χ4v) is 2.58. The van der Waals surface area contributed by atoms with Crippen LogP contribution in [0.1, 0.15) is 33.3 Å². The van der Waals surface area contributed by atoms with Gasteiger partial charge in [0.1, 0.15) is 11.6 Å². The lowest BCUT2D eigenvalue weighted by atomic mass is 10.00. The van der Waals surface area contributed by atoms with Crippen LogP contribution in [0.25, 0.3) is 10.8 Å². The fourth-order valence-electron chi connectivity index (χ4n) is 2.58. The highest BCUT2D eigenvalue weighted by Gasteiger charge is 2.25. The summed E-state index contributed by atoms with van der Waals surface area (Å²) >= 11 is 0. The SMILES string of the molecule is CCOc1c(CC)c(OC(C)=O)c2c(F)cccc2c1OC(C)=O. The molecule has 0 fully saturated rings. The molecule has 0 aliphatic heterocycles. The van der Waals surface area contributed by atoms with Gasteiger partial charge in [-0.2, -0.15) is 0 Å². The number of carbonyl (C=O) groups is 2. The summed E-state index contributed by atoms with van der Waals surface area (Å²) in [6.07, 6.45) is 0.399. The smallest absolute Gasteiger partial charge is 0.308 e. The predicted octanol–water partition coefficient (Wildman–Crippen LogP) is 3.79. The van der Waals surface area contributed by atoms with E-state index in [4.69, 9.17) is 14.2 Å². The number of fused-ring (bicyclic) bond motifs is 1. The third kappa shape index (κ3) is 3.32. The molecule has 128 valence electrons. The van der Waals surface area contributed by atoms with Crippen molar-refractivity contribution in [2.45, 2.75) is 34.1 Å². The van der Waals surface area contributed by atoms with Crippen LogP contribution in [0.3, 0.4) is 0 Å². The number of ether oxygens (including phenoxy) is 3. The van der Waals surface area contributed by atoms with Gasteiger partial charge in [0.05, 0.1) is 12.0 Å². The van der Waals surface area contributed by atoms with Crippen molar-refractivity contribution in [3.63, 3.8) is 0 Å². The van der Waals surface area contributed by atoms with E-state index in [9.17, 15) is 14.0 Å². The summed E-state index contributed by atoms with van der Waals surface area (Å²) in [4.78, 5) is 23.0. The molecule has 0 amide bonds. The van der Waals surface area contributed by atoms with Crippen molar-refractivity contribution in [3.05, 3.63) is 29.6 Å². The third-order valence-corrected chi connectivity index (χ3v) is 3.37. The van der Waals surface area contributed by atoms with Crippen LogP contribution in [0.4, 0.5) is 4.39 Å². The summed E-state index contributed by atoms with van der Waals surface area (Å²) < 4.78 is 30.7. The minimum absolute atomic E-state index is 0.0873. The fraction of sp³-hybridized carbons (Fsp3) is 0.333. The van der Waals surface area contributed by atoms with Crippen molar-refractivity contribution in [3.8, 4) is 17.2 Å². The molecule has 2 aromatic rings. The highest BCUT2D eigenvalue weighted by molar-refractivity contribution is 6.00. The summed E-state index contributed by atoms with van der Waals surface area (Å²) in [5, 5.41) is 0.395. The average Bonchev–Trinajstić information content (AvgIpc) is 2.50. The standard InChI is InChI=1S/C18H19FO5/c1-5-12-16(23-10(3)20)15-13(8-7-9-14(15)19)18(24-11(4)21)17(12)22-6-2/h7-9H,5-6H2,1-4H3. The Morgan fingerprint density at radius 1 is 1.00 bits per heavy atom. The lowest BCUT2D eigenvalue weighted by molar-refractivity contribution is -0.133. The van der Waals surface area contributed by atoms with E-state index in [1.54, 1.807) is 13.0 Å². The van der Waals surface area contributed by atoms with Gasteiger partial charge in [0.2, 0.25) is 0 Å². The number of benzene rings is 2. The van der Waals surface area contributed by atoms with Gasteiger partial charge in [-0.1, -0.05) is 19.1 Å². The highest BCUT2D eigenvalue weighted by atomic mass is 19.1. The zero-order valence-corrected chi connectivity index (χ0v) is 14.1. The molecule has 5 nitrogen and oxygen atoms in total. The molecule has 0 heterocycles. The predicted molar refractivity (Wildman–Crippen MR) is 87.1 cm³/mol. The maximum absolute atomic E-state index is 14.5. The summed E-state index contributed by atoms with van der Waals surface area (Å²) in [5.74, 6) is -1.19. The van der Waals surface area contributed by atoms with E-state index in [2.05, 4.69) is 0 Å². The van der Waals surface area contributed by atoms with E-state index in [1.165, 1.54) is 26.0 Å². The Morgan fingerprint density at radius 2 is 1.62 bits per heavy atom. The van der Waals surface area contributed by atoms with E-state index in [0.29, 0.717) is 24.0 Å². The second-order valence-electron chi connectivity index (χ2n) is 5.10. The first-order chi connectivity index (χ1) is 11.4. The normalized spacial score (nSPS) is 10.5. The maximum atomic E-state index is 14.5. The van der Waals surface area contributed by atoms with Gasteiger partial charge in [0.15, 0.2) is 11.5 Å². The summed E-state index contributed by atoms with van der Waals surface area (Å²) in [5.41, 5.74) is 0.473. The molecule has 6 heteroatoms. The number of carbonyl (C=O) groups excluding carboxylic acids is 2. The van der Waals surface area contributed by atoms with Gasteiger partial charge in [-0.05, 0) is 19.4 Å². The molecule has 0 aliphatic rings. The molecule has 0 saturated heterocycles. The van der Waals surface area contributed by atoms with Gasteiger partial charge in [0.25, 0.3) is 0 Å². The van der Waals surface area contributed by atoms with Crippen molar-refractivity contribution in [2.75, 3.05) is 6.61 Å². The van der Waals surface area contributed by atoms with Gasteiger partial charge in [-0.25, -0.2) is 4.39 Å². The topological polar surface area (TPSA) is 61.8 Å². The molecule has 24 heavy (non-hydrogen) atoms. The Hall–Kier alpha value is -2.63. The summed E-state index contributed by atoms with van der Waals surface area (Å²) in [7, 11) is 0. The molecule has 0 bridgehead atoms. The molecule has 0 atom stereocenters. The molecule has 0 spiro atoms. The van der Waals surface area contributed by atoms with Crippen molar-refractivity contribution in [2.24, 2.45) is 0 Å². The van der Waals surface area contributed by atoms with Crippen LogP contribution in [0, 0.1) is 5.82 Å². The van der Waals surface area contributed by atoms with E-state index in [-0.39, 0.29) is 22.6 Å². The number of halogens is 1. The Balaban J connectivity index is 2.97. The lowest BCUT2D eigenvalue weighted by Gasteiger charge is -2.20. The van der Waals surface area contributed by atoms with Crippen molar-refractivity contribution < 1.29 is 28.2 Å². The number of hydrogen-bond donors (Lipinski definition) is 0. The zero-order valence-electron chi connectivity index (χ0n) is 14.1. The molecular weight excluding hydrogens is 315 g/mol. The first-order valence-electron chi connectivity index (χ1n) is 7.67. The Labute approximate surface area is 139 Å². The molecule has 0 N–H and O–H groups in total. The number of esters is 2. The molecule has 2 rings (SSSR count). The minimum Gasteiger partial charge on any atom is -0.489 e. The molecule has 0 radical (unpaired) electrons. The largest absolute Gasteiger partial charge is 0.489 e. The van der Waals surface area contributed by atoms with Crippen LogP contribution in [-0.2, 0) is 16.0 Å². The van der Waals surface area contributed by atoms with Gasteiger partial charge in [0, 0.05) is 24.8 Å². The summed E-state index contributed by atoms with van der Waals surface area (Å²) in [6.45, 7) is 6.40. The van der Waals surface area contributed by atoms with Crippen molar-refractivity contribution >= 4 is 22.7 Å². The van der Waals surface area contributed by atoms with Crippen molar-refractivity contribution in [1.29, 1.82) is 0 Å². The molecular formula is C18H19FO5. The zero-order chi connectivity index (χ0) is 17.9. The maximum Gasteiger partial charge on any atom is 0.308 e. The quantitative estimate of drug-likeness (QED) is 0.615. The molecule has 0 unspecified atom stereocenters.